The smallest absolute Gasteiger partial charge is 0.240 e. The number of hydrogen-bond acceptors (Lipinski definition) is 4. The van der Waals surface area contributed by atoms with E-state index < -0.39 is 0 Å². The van der Waals surface area contributed by atoms with Crippen LogP contribution in [0, 0.1) is 0 Å². The van der Waals surface area contributed by atoms with Gasteiger partial charge < -0.3 is 0 Å². The van der Waals surface area contributed by atoms with Crippen LogP contribution in [-0.2, 0) is 9.59 Å². The molecule has 0 spiro atoms. The van der Waals surface area contributed by atoms with Crippen molar-refractivity contribution in [3.05, 3.63) is 96.1 Å². The van der Waals surface area contributed by atoms with Crippen molar-refractivity contribution in [3.63, 3.8) is 0 Å². The summed E-state index contributed by atoms with van der Waals surface area (Å²) in [6, 6.07) is 28.0. The molecule has 6 heteroatoms. The Labute approximate surface area is 198 Å². The highest BCUT2D eigenvalue weighted by Crippen LogP contribution is 2.20. The van der Waals surface area contributed by atoms with Gasteiger partial charge in [0, 0.05) is 24.0 Å². The number of nitrogens with zero attached hydrogens (tertiary/aromatic N) is 2. The molecule has 0 fully saturated rings. The molecule has 0 aromatic heterocycles. The van der Waals surface area contributed by atoms with Crippen LogP contribution >= 0.6 is 0 Å². The molecule has 4 aromatic carbocycles. The Bertz CT molecular complexity index is 1300. The van der Waals surface area contributed by atoms with Crippen LogP contribution in [0.5, 0.6) is 0 Å². The minimum absolute atomic E-state index is 0.0149. The third-order valence-corrected chi connectivity index (χ3v) is 5.63. The van der Waals surface area contributed by atoms with Gasteiger partial charge in [0.25, 0.3) is 0 Å². The van der Waals surface area contributed by atoms with Crippen LogP contribution in [0.15, 0.2) is 95.1 Å². The number of hydrogen-bond donors (Lipinski definition) is 2. The van der Waals surface area contributed by atoms with Gasteiger partial charge in [0.1, 0.15) is 0 Å². The molecule has 34 heavy (non-hydrogen) atoms. The van der Waals surface area contributed by atoms with Gasteiger partial charge in [-0.15, -0.1) is 0 Å². The quantitative estimate of drug-likeness (QED) is 0.301. The zero-order chi connectivity index (χ0) is 23.9. The number of fused-ring (bicyclic) bond motifs is 2. The molecule has 0 aliphatic carbocycles. The molecule has 0 atom stereocenters. The van der Waals surface area contributed by atoms with Gasteiger partial charge in [-0.2, -0.15) is 10.2 Å². The Hall–Kier alpha value is -4.32. The largest absolute Gasteiger partial charge is 0.273 e. The highest BCUT2D eigenvalue weighted by atomic mass is 16.2. The lowest BCUT2D eigenvalue weighted by Gasteiger charge is -2.07. The van der Waals surface area contributed by atoms with E-state index in [-0.39, 0.29) is 24.7 Å². The second kappa shape index (κ2) is 10.5. The fraction of sp³-hybridized carbons (Fsp3) is 0.143. The van der Waals surface area contributed by atoms with E-state index in [2.05, 4.69) is 21.1 Å². The van der Waals surface area contributed by atoms with Gasteiger partial charge in [-0.3, -0.25) is 9.59 Å². The Balaban J connectivity index is 1.32. The van der Waals surface area contributed by atoms with Crippen molar-refractivity contribution in [2.75, 3.05) is 0 Å². The zero-order valence-corrected chi connectivity index (χ0v) is 19.2. The maximum Gasteiger partial charge on any atom is 0.240 e. The van der Waals surface area contributed by atoms with Crippen molar-refractivity contribution in [1.29, 1.82) is 0 Å². The topological polar surface area (TPSA) is 82.9 Å². The van der Waals surface area contributed by atoms with Crippen LogP contribution in [-0.4, -0.2) is 23.2 Å². The van der Waals surface area contributed by atoms with Crippen LogP contribution in [0.4, 0.5) is 0 Å². The fourth-order valence-electron chi connectivity index (χ4n) is 3.83. The third kappa shape index (κ3) is 5.35. The maximum absolute atomic E-state index is 12.2. The molecule has 4 aromatic rings. The van der Waals surface area contributed by atoms with Crippen LogP contribution in [0.25, 0.3) is 21.5 Å². The second-order valence-electron chi connectivity index (χ2n) is 8.02. The minimum Gasteiger partial charge on any atom is -0.273 e. The molecule has 4 rings (SSSR count). The molecule has 0 unspecified atom stereocenters. The number of rotatable bonds is 7. The first kappa shape index (κ1) is 22.9. The monoisotopic (exact) mass is 450 g/mol. The SMILES string of the molecule is C/C(=N\NC(=O)CCC(=O)N/N=C(\C)c1cccc2ccccc12)c1cccc2ccccc12. The molecule has 0 bridgehead atoms. The highest BCUT2D eigenvalue weighted by molar-refractivity contribution is 6.10. The van der Waals surface area contributed by atoms with Gasteiger partial charge in [0.2, 0.25) is 11.8 Å². The van der Waals surface area contributed by atoms with E-state index in [1.165, 1.54) is 0 Å². The summed E-state index contributed by atoms with van der Waals surface area (Å²) in [5.74, 6) is -0.658. The molecule has 170 valence electrons. The Morgan fingerprint density at radius 2 is 0.971 bits per heavy atom. The van der Waals surface area contributed by atoms with Gasteiger partial charge in [-0.1, -0.05) is 84.9 Å². The summed E-state index contributed by atoms with van der Waals surface area (Å²) in [6.45, 7) is 3.69. The van der Waals surface area contributed by atoms with Crippen molar-refractivity contribution < 1.29 is 9.59 Å². The van der Waals surface area contributed by atoms with Crippen LogP contribution in [0.3, 0.4) is 0 Å². The maximum atomic E-state index is 12.2. The van der Waals surface area contributed by atoms with Gasteiger partial charge >= 0.3 is 0 Å². The predicted octanol–water partition coefficient (Wildman–Crippen LogP) is 5.15. The average Bonchev–Trinajstić information content (AvgIpc) is 2.88. The normalized spacial score (nSPS) is 12.1. The number of carbonyl (C=O) groups excluding carboxylic acids is 2. The first-order valence-electron chi connectivity index (χ1n) is 11.2. The van der Waals surface area contributed by atoms with Crippen LogP contribution in [0.1, 0.15) is 37.8 Å². The van der Waals surface area contributed by atoms with Gasteiger partial charge in [-0.05, 0) is 35.4 Å². The van der Waals surface area contributed by atoms with E-state index in [0.29, 0.717) is 11.4 Å². The standard InChI is InChI=1S/C28H26N4O2/c1-19(23-15-7-11-21-9-3-5-13-25(21)23)29-31-27(33)17-18-28(34)32-30-20(2)24-16-8-12-22-10-4-6-14-26(22)24/h3-16H,17-18H2,1-2H3,(H,31,33)(H,32,34)/b29-19+,30-20+. The molecule has 0 heterocycles. The summed E-state index contributed by atoms with van der Waals surface area (Å²) in [6.07, 6.45) is 0.0297. The summed E-state index contributed by atoms with van der Waals surface area (Å²) in [4.78, 5) is 24.4. The van der Waals surface area contributed by atoms with E-state index >= 15 is 0 Å². The van der Waals surface area contributed by atoms with Crippen molar-refractivity contribution in [2.45, 2.75) is 26.7 Å². The van der Waals surface area contributed by atoms with Crippen LogP contribution in [0.2, 0.25) is 0 Å². The van der Waals surface area contributed by atoms with Gasteiger partial charge in [-0.25, -0.2) is 10.9 Å². The van der Waals surface area contributed by atoms with Gasteiger partial charge in [0.05, 0.1) is 11.4 Å². The minimum atomic E-state index is -0.329. The van der Waals surface area contributed by atoms with Crippen molar-refractivity contribution in [2.24, 2.45) is 10.2 Å². The lowest BCUT2D eigenvalue weighted by molar-refractivity contribution is -0.126. The van der Waals surface area contributed by atoms with Crippen molar-refractivity contribution in [1.82, 2.24) is 10.9 Å². The molecule has 0 aliphatic rings. The Morgan fingerprint density at radius 3 is 1.41 bits per heavy atom. The van der Waals surface area contributed by atoms with E-state index in [4.69, 9.17) is 0 Å². The van der Waals surface area contributed by atoms with Gasteiger partial charge in [0.15, 0.2) is 0 Å². The molecule has 0 saturated heterocycles. The third-order valence-electron chi connectivity index (χ3n) is 5.63. The number of hydrazone groups is 2. The summed E-state index contributed by atoms with van der Waals surface area (Å²) in [5.41, 5.74) is 8.39. The predicted molar refractivity (Wildman–Crippen MR) is 138 cm³/mol. The summed E-state index contributed by atoms with van der Waals surface area (Å²) in [5, 5.41) is 12.8. The first-order valence-corrected chi connectivity index (χ1v) is 11.2. The van der Waals surface area contributed by atoms with E-state index in [1.54, 1.807) is 0 Å². The number of amides is 2. The summed E-state index contributed by atoms with van der Waals surface area (Å²) >= 11 is 0. The van der Waals surface area contributed by atoms with E-state index in [0.717, 1.165) is 32.7 Å². The molecule has 6 nitrogen and oxygen atoms in total. The highest BCUT2D eigenvalue weighted by Gasteiger charge is 2.09. The van der Waals surface area contributed by atoms with Crippen molar-refractivity contribution in [3.8, 4) is 0 Å². The fourth-order valence-corrected chi connectivity index (χ4v) is 3.83. The second-order valence-corrected chi connectivity index (χ2v) is 8.02. The molecule has 0 radical (unpaired) electrons. The lowest BCUT2D eigenvalue weighted by atomic mass is 10.0. The van der Waals surface area contributed by atoms with Crippen LogP contribution < -0.4 is 10.9 Å². The Morgan fingerprint density at radius 1 is 0.588 bits per heavy atom. The molecule has 2 N–H and O–H groups in total. The van der Waals surface area contributed by atoms with E-state index in [9.17, 15) is 9.59 Å². The zero-order valence-electron chi connectivity index (χ0n) is 19.2. The average molecular weight is 451 g/mol. The molecule has 2 amide bonds. The molecular weight excluding hydrogens is 424 g/mol. The number of carbonyl (C=O) groups is 2. The summed E-state index contributed by atoms with van der Waals surface area (Å²) in [7, 11) is 0. The molecule has 0 aliphatic heterocycles. The molecule has 0 saturated carbocycles. The lowest BCUT2D eigenvalue weighted by Crippen LogP contribution is -2.24. The number of benzene rings is 4. The first-order chi connectivity index (χ1) is 16.5. The summed E-state index contributed by atoms with van der Waals surface area (Å²) < 4.78 is 0. The van der Waals surface area contributed by atoms with E-state index in [1.807, 2.05) is 98.8 Å². The van der Waals surface area contributed by atoms with Crippen molar-refractivity contribution >= 4 is 44.8 Å². The molecular formula is C28H26N4O2. The number of nitrogens with one attached hydrogen (secondary N) is 2. The Kier molecular flexibility index (Phi) is 7.08.